The van der Waals surface area contributed by atoms with Gasteiger partial charge < -0.3 is 14.8 Å². The van der Waals surface area contributed by atoms with E-state index >= 15 is 0 Å². The van der Waals surface area contributed by atoms with Crippen LogP contribution in [0, 0.1) is 11.8 Å². The Hall–Kier alpha value is -3.76. The molecule has 0 saturated carbocycles. The zero-order valence-corrected chi connectivity index (χ0v) is 15.3. The van der Waals surface area contributed by atoms with Crippen LogP contribution in [0.2, 0.25) is 0 Å². The minimum absolute atomic E-state index is 0.208. The predicted octanol–water partition coefficient (Wildman–Crippen LogP) is 3.78. The van der Waals surface area contributed by atoms with Gasteiger partial charge in [-0.2, -0.15) is 0 Å². The minimum atomic E-state index is -0.382. The first-order valence-corrected chi connectivity index (χ1v) is 9.38. The first kappa shape index (κ1) is 16.4. The predicted molar refractivity (Wildman–Crippen MR) is 107 cm³/mol. The molecule has 1 N–H and O–H groups in total. The molecular weight excluding hydrogens is 374 g/mol. The van der Waals surface area contributed by atoms with Crippen molar-refractivity contribution in [3.8, 4) is 34.6 Å². The van der Waals surface area contributed by atoms with Gasteiger partial charge >= 0.3 is 5.91 Å². The number of thiazole rings is 1. The summed E-state index contributed by atoms with van der Waals surface area (Å²) in [6, 6.07) is 12.8. The molecule has 0 unspecified atom stereocenters. The molecule has 3 heterocycles. The lowest BCUT2D eigenvalue weighted by Crippen LogP contribution is -2.08. The van der Waals surface area contributed by atoms with Crippen molar-refractivity contribution in [3.05, 3.63) is 65.8 Å². The van der Waals surface area contributed by atoms with E-state index in [1.54, 1.807) is 29.5 Å². The van der Waals surface area contributed by atoms with E-state index in [-0.39, 0.29) is 12.7 Å². The van der Waals surface area contributed by atoms with Crippen LogP contribution in [0.15, 0.2) is 60.2 Å². The fourth-order valence-electron chi connectivity index (χ4n) is 2.86. The number of benzene rings is 2. The highest BCUT2D eigenvalue weighted by atomic mass is 32.1. The van der Waals surface area contributed by atoms with Crippen LogP contribution in [0.25, 0.3) is 16.2 Å². The number of aromatic nitrogens is 2. The normalized spacial score (nSPS) is 11.9. The second-order valence-corrected chi connectivity index (χ2v) is 6.94. The van der Waals surface area contributed by atoms with E-state index in [0.29, 0.717) is 22.7 Å². The first-order valence-electron chi connectivity index (χ1n) is 8.50. The molecule has 5 rings (SSSR count). The molecule has 6 nitrogen and oxygen atoms in total. The van der Waals surface area contributed by atoms with Crippen LogP contribution in [-0.4, -0.2) is 22.1 Å². The molecule has 0 atom stereocenters. The lowest BCUT2D eigenvalue weighted by Gasteiger charge is -2.02. The molecule has 1 amide bonds. The van der Waals surface area contributed by atoms with E-state index < -0.39 is 0 Å². The second kappa shape index (κ2) is 6.76. The Kier molecular flexibility index (Phi) is 3.96. The van der Waals surface area contributed by atoms with Crippen molar-refractivity contribution in [2.45, 2.75) is 0 Å². The smallest absolute Gasteiger partial charge is 0.300 e. The molecule has 0 aliphatic carbocycles. The third-order valence-corrected chi connectivity index (χ3v) is 5.00. The van der Waals surface area contributed by atoms with Crippen LogP contribution >= 0.6 is 11.3 Å². The number of carbonyl (C=O) groups excluding carboxylic acids is 1. The van der Waals surface area contributed by atoms with Crippen LogP contribution in [0.3, 0.4) is 0 Å². The van der Waals surface area contributed by atoms with Crippen LogP contribution in [0.4, 0.5) is 5.69 Å². The number of hydrogen-bond donors (Lipinski definition) is 1. The lowest BCUT2D eigenvalue weighted by molar-refractivity contribution is -0.111. The Labute approximate surface area is 164 Å². The minimum Gasteiger partial charge on any atom is -0.454 e. The van der Waals surface area contributed by atoms with Gasteiger partial charge in [0.2, 0.25) is 6.79 Å². The summed E-state index contributed by atoms with van der Waals surface area (Å²) >= 11 is 1.59. The number of carbonyl (C=O) groups is 1. The fourth-order valence-corrected chi connectivity index (χ4v) is 3.56. The van der Waals surface area contributed by atoms with E-state index in [9.17, 15) is 4.79 Å². The van der Waals surface area contributed by atoms with Gasteiger partial charge in [0.05, 0.1) is 5.69 Å². The molecule has 28 heavy (non-hydrogen) atoms. The van der Waals surface area contributed by atoms with Crippen molar-refractivity contribution in [1.82, 2.24) is 9.38 Å². The number of nitrogens with zero attached hydrogens (tertiary/aromatic N) is 2. The van der Waals surface area contributed by atoms with Gasteiger partial charge in [-0.15, -0.1) is 11.3 Å². The number of imidazole rings is 1. The van der Waals surface area contributed by atoms with Crippen molar-refractivity contribution in [2.24, 2.45) is 0 Å². The van der Waals surface area contributed by atoms with Crippen molar-refractivity contribution < 1.29 is 14.3 Å². The highest BCUT2D eigenvalue weighted by Gasteiger charge is 2.12. The summed E-state index contributed by atoms with van der Waals surface area (Å²) in [5.41, 5.74) is 3.25. The number of hydrogen-bond acceptors (Lipinski definition) is 5. The molecule has 136 valence electrons. The summed E-state index contributed by atoms with van der Waals surface area (Å²) in [7, 11) is 0. The van der Waals surface area contributed by atoms with Crippen molar-refractivity contribution in [2.75, 3.05) is 12.1 Å². The van der Waals surface area contributed by atoms with Gasteiger partial charge in [0.15, 0.2) is 16.5 Å². The summed E-state index contributed by atoms with van der Waals surface area (Å²) in [6.45, 7) is 0.208. The van der Waals surface area contributed by atoms with Crippen LogP contribution < -0.4 is 14.8 Å². The Balaban J connectivity index is 1.27. The highest BCUT2D eigenvalue weighted by molar-refractivity contribution is 7.15. The molecule has 4 aromatic rings. The zero-order chi connectivity index (χ0) is 18.9. The lowest BCUT2D eigenvalue weighted by atomic mass is 10.1. The van der Waals surface area contributed by atoms with Crippen LogP contribution in [0.1, 0.15) is 5.56 Å². The van der Waals surface area contributed by atoms with Gasteiger partial charge in [0, 0.05) is 40.5 Å². The van der Waals surface area contributed by atoms with Gasteiger partial charge in [-0.1, -0.05) is 18.1 Å². The molecule has 1 aliphatic heterocycles. The van der Waals surface area contributed by atoms with Gasteiger partial charge in [0.25, 0.3) is 0 Å². The van der Waals surface area contributed by atoms with E-state index in [1.165, 1.54) is 0 Å². The number of anilines is 1. The van der Waals surface area contributed by atoms with E-state index in [0.717, 1.165) is 16.2 Å². The van der Waals surface area contributed by atoms with Gasteiger partial charge in [0.1, 0.15) is 0 Å². The molecule has 0 spiro atoms. The van der Waals surface area contributed by atoms with E-state index in [4.69, 9.17) is 9.47 Å². The Bertz CT molecular complexity index is 1220. The Morgan fingerprint density at radius 3 is 2.86 bits per heavy atom. The number of fused-ring (bicyclic) bond motifs is 2. The molecule has 2 aromatic carbocycles. The van der Waals surface area contributed by atoms with E-state index in [2.05, 4.69) is 22.1 Å². The number of amides is 1. The number of rotatable bonds is 2. The molecule has 0 radical (unpaired) electrons. The molecule has 0 bridgehead atoms. The van der Waals surface area contributed by atoms with Gasteiger partial charge in [-0.25, -0.2) is 4.98 Å². The second-order valence-electron chi connectivity index (χ2n) is 6.07. The van der Waals surface area contributed by atoms with E-state index in [1.807, 2.05) is 46.4 Å². The van der Waals surface area contributed by atoms with Gasteiger partial charge in [-0.3, -0.25) is 9.20 Å². The molecule has 1 aliphatic rings. The zero-order valence-electron chi connectivity index (χ0n) is 14.5. The largest absolute Gasteiger partial charge is 0.454 e. The Morgan fingerprint density at radius 1 is 1.14 bits per heavy atom. The maximum atomic E-state index is 12.1. The molecule has 7 heteroatoms. The van der Waals surface area contributed by atoms with Crippen LogP contribution in [-0.2, 0) is 4.79 Å². The third-order valence-electron chi connectivity index (χ3n) is 4.22. The molecule has 0 saturated heterocycles. The van der Waals surface area contributed by atoms with Crippen molar-refractivity contribution >= 4 is 27.9 Å². The summed E-state index contributed by atoms with van der Waals surface area (Å²) in [5, 5.41) is 4.77. The fraction of sp³-hybridized carbons (Fsp3) is 0.0476. The summed E-state index contributed by atoms with van der Waals surface area (Å²) in [4.78, 5) is 17.6. The maximum Gasteiger partial charge on any atom is 0.300 e. The average molecular weight is 387 g/mol. The third kappa shape index (κ3) is 3.17. The summed E-state index contributed by atoms with van der Waals surface area (Å²) in [6.07, 6.45) is 3.96. The topological polar surface area (TPSA) is 64.9 Å². The number of ether oxygens (including phenoxy) is 2. The molecule has 2 aromatic heterocycles. The molecule has 0 fully saturated rings. The average Bonchev–Trinajstić information content (AvgIpc) is 3.42. The Morgan fingerprint density at radius 2 is 2.00 bits per heavy atom. The summed E-state index contributed by atoms with van der Waals surface area (Å²) in [5.74, 6) is 6.37. The van der Waals surface area contributed by atoms with Crippen LogP contribution in [0.5, 0.6) is 11.5 Å². The van der Waals surface area contributed by atoms with Gasteiger partial charge in [-0.05, 0) is 30.3 Å². The maximum absolute atomic E-state index is 12.1. The summed E-state index contributed by atoms with van der Waals surface area (Å²) < 4.78 is 12.6. The molecular formula is C21H13N3O3S. The quantitative estimate of drug-likeness (QED) is 0.532. The van der Waals surface area contributed by atoms with Crippen molar-refractivity contribution in [1.29, 1.82) is 0 Å². The monoisotopic (exact) mass is 387 g/mol. The highest BCUT2D eigenvalue weighted by Crippen LogP contribution is 2.32. The SMILES string of the molecule is O=C(C#Cc1ccc2c(c1)OCO2)Nc1ccc(-c2cn3ccsc3n2)cc1. The standard InChI is InChI=1S/C21H13N3O3S/c25-20(8-2-14-1-7-18-19(11-14)27-13-26-18)22-16-5-3-15(4-6-16)17-12-24-9-10-28-21(24)23-17/h1,3-7,9-12H,13H2,(H,22,25). The first-order chi connectivity index (χ1) is 13.7. The van der Waals surface area contributed by atoms with Crippen molar-refractivity contribution in [3.63, 3.8) is 0 Å². The number of nitrogens with one attached hydrogen (secondary N) is 1.